The normalized spacial score (nSPS) is 11.4. The van der Waals surface area contributed by atoms with Crippen LogP contribution in [-0.2, 0) is 22.1 Å². The summed E-state index contributed by atoms with van der Waals surface area (Å²) in [5.41, 5.74) is 0.0330. The van der Waals surface area contributed by atoms with Crippen LogP contribution in [0.5, 0.6) is 0 Å². The van der Waals surface area contributed by atoms with Gasteiger partial charge < -0.3 is 10.1 Å². The van der Waals surface area contributed by atoms with Crippen LogP contribution in [0.4, 0.5) is 29.2 Å². The fourth-order valence-electron chi connectivity index (χ4n) is 2.82. The summed E-state index contributed by atoms with van der Waals surface area (Å²) in [6.07, 6.45) is -5.10. The van der Waals surface area contributed by atoms with Gasteiger partial charge in [-0.05, 0) is 38.1 Å². The molecular weight excluding hydrogens is 406 g/mol. The number of ether oxygens (including phenoxy) is 1. The van der Waals surface area contributed by atoms with Gasteiger partial charge in [-0.15, -0.1) is 5.10 Å². The average molecular weight is 423 g/mol. The predicted octanol–water partition coefficient (Wildman–Crippen LogP) is 3.90. The number of nitrogens with zero attached hydrogens (tertiary/aromatic N) is 4. The second kappa shape index (κ2) is 8.09. The number of pyridine rings is 1. The molecule has 0 saturated heterocycles. The molecule has 1 aromatic carbocycles. The Balaban J connectivity index is 2.04. The van der Waals surface area contributed by atoms with Crippen LogP contribution >= 0.6 is 0 Å². The van der Waals surface area contributed by atoms with E-state index in [1.54, 1.807) is 26.0 Å². The summed E-state index contributed by atoms with van der Waals surface area (Å²) < 4.78 is 59.2. The lowest BCUT2D eigenvalue weighted by Gasteiger charge is -2.11. The third kappa shape index (κ3) is 4.56. The van der Waals surface area contributed by atoms with Gasteiger partial charge in [0.1, 0.15) is 12.2 Å². The minimum atomic E-state index is -4.85. The first-order chi connectivity index (χ1) is 14.1. The highest BCUT2D eigenvalue weighted by Gasteiger charge is 2.35. The number of nitrogens with one attached hydrogen (secondary N) is 1. The van der Waals surface area contributed by atoms with Gasteiger partial charge in [-0.1, -0.05) is 6.07 Å². The van der Waals surface area contributed by atoms with E-state index < -0.39 is 29.2 Å². The Labute approximate surface area is 168 Å². The lowest BCUT2D eigenvalue weighted by atomic mass is 10.2. The predicted molar refractivity (Wildman–Crippen MR) is 99.0 cm³/mol. The number of esters is 1. The van der Waals surface area contributed by atoms with Crippen molar-refractivity contribution < 1.29 is 27.1 Å². The van der Waals surface area contributed by atoms with E-state index in [-0.39, 0.29) is 18.2 Å². The van der Waals surface area contributed by atoms with Gasteiger partial charge in [-0.2, -0.15) is 18.2 Å². The summed E-state index contributed by atoms with van der Waals surface area (Å²) in [6.45, 7) is 3.54. The van der Waals surface area contributed by atoms with Crippen molar-refractivity contribution >= 4 is 17.6 Å². The molecule has 0 aliphatic heterocycles. The average Bonchev–Trinajstić information content (AvgIpc) is 3.03. The molecule has 0 spiro atoms. The number of benzene rings is 1. The zero-order chi connectivity index (χ0) is 22.1. The third-order valence-electron chi connectivity index (χ3n) is 4.07. The number of rotatable bonds is 5. The van der Waals surface area contributed by atoms with Gasteiger partial charge in [0.25, 0.3) is 0 Å². The lowest BCUT2D eigenvalue weighted by molar-refractivity contribution is -0.140. The van der Waals surface area contributed by atoms with Crippen molar-refractivity contribution in [2.75, 3.05) is 12.4 Å². The second-order valence-corrected chi connectivity index (χ2v) is 6.41. The Morgan fingerprint density at radius 1 is 1.17 bits per heavy atom. The molecule has 0 bridgehead atoms. The molecule has 2 heterocycles. The van der Waals surface area contributed by atoms with Crippen molar-refractivity contribution in [3.63, 3.8) is 0 Å². The maximum absolute atomic E-state index is 14.3. The van der Waals surface area contributed by atoms with Crippen LogP contribution in [0.25, 0.3) is 5.69 Å². The van der Waals surface area contributed by atoms with E-state index in [1.807, 2.05) is 0 Å². The third-order valence-corrected chi connectivity index (χ3v) is 4.07. The van der Waals surface area contributed by atoms with Crippen molar-refractivity contribution in [2.45, 2.75) is 26.4 Å². The molecule has 30 heavy (non-hydrogen) atoms. The summed E-state index contributed by atoms with van der Waals surface area (Å²) >= 11 is 0. The van der Waals surface area contributed by atoms with Crippen molar-refractivity contribution in [3.8, 4) is 5.69 Å². The van der Waals surface area contributed by atoms with Crippen LogP contribution in [0.1, 0.15) is 22.8 Å². The first-order valence-electron chi connectivity index (χ1n) is 8.69. The molecule has 7 nitrogen and oxygen atoms in total. The molecule has 3 rings (SSSR count). The molecule has 0 atom stereocenters. The molecule has 0 aliphatic carbocycles. The van der Waals surface area contributed by atoms with Crippen molar-refractivity contribution in [1.82, 2.24) is 19.7 Å². The van der Waals surface area contributed by atoms with Crippen LogP contribution in [0, 0.1) is 19.7 Å². The number of alkyl halides is 3. The van der Waals surface area contributed by atoms with Crippen LogP contribution in [0.15, 0.2) is 30.3 Å². The van der Waals surface area contributed by atoms with Gasteiger partial charge >= 0.3 is 12.1 Å². The van der Waals surface area contributed by atoms with E-state index >= 15 is 0 Å². The maximum atomic E-state index is 14.3. The molecule has 0 aliphatic rings. The van der Waals surface area contributed by atoms with Crippen LogP contribution < -0.4 is 5.32 Å². The Morgan fingerprint density at radius 3 is 2.43 bits per heavy atom. The van der Waals surface area contributed by atoms with Gasteiger partial charge in [0.05, 0.1) is 24.0 Å². The number of carbonyl (C=O) groups is 1. The molecule has 1 N–H and O–H groups in total. The van der Waals surface area contributed by atoms with Crippen molar-refractivity contribution in [3.05, 3.63) is 58.9 Å². The SMILES string of the molecule is COC(=O)Cc1nc(Nc2cccc(C(F)(F)F)c2F)nn1-c1cc(C)nc(C)c1. The van der Waals surface area contributed by atoms with Crippen LogP contribution in [0.3, 0.4) is 0 Å². The monoisotopic (exact) mass is 423 g/mol. The Kier molecular flexibility index (Phi) is 5.72. The topological polar surface area (TPSA) is 81.9 Å². The van der Waals surface area contributed by atoms with Gasteiger partial charge in [-0.25, -0.2) is 9.07 Å². The minimum Gasteiger partial charge on any atom is -0.469 e. The highest BCUT2D eigenvalue weighted by Crippen LogP contribution is 2.34. The number of aromatic nitrogens is 4. The van der Waals surface area contributed by atoms with Crippen molar-refractivity contribution in [2.24, 2.45) is 0 Å². The van der Waals surface area contributed by atoms with Gasteiger partial charge in [0.2, 0.25) is 5.95 Å². The first-order valence-corrected chi connectivity index (χ1v) is 8.69. The van der Waals surface area contributed by atoms with E-state index in [4.69, 9.17) is 0 Å². The smallest absolute Gasteiger partial charge is 0.419 e. The standard InChI is InChI=1S/C19H17F4N5O2/c1-10-7-12(8-11(2)24-10)28-15(9-16(29)30-3)26-18(27-28)25-14-6-4-5-13(17(14)20)19(21,22)23/h4-8H,9H2,1-3H3,(H,25,27). The minimum absolute atomic E-state index is 0.154. The fraction of sp³-hybridized carbons (Fsp3) is 0.263. The Bertz CT molecular complexity index is 1070. The van der Waals surface area contributed by atoms with Gasteiger partial charge in [0, 0.05) is 11.4 Å². The number of methoxy groups -OCH3 is 1. The molecule has 0 fully saturated rings. The van der Waals surface area contributed by atoms with E-state index in [9.17, 15) is 22.4 Å². The van der Waals surface area contributed by atoms with Crippen LogP contribution in [-0.4, -0.2) is 32.8 Å². The summed E-state index contributed by atoms with van der Waals surface area (Å²) in [7, 11) is 1.21. The summed E-state index contributed by atoms with van der Waals surface area (Å²) in [5.74, 6) is -2.10. The zero-order valence-electron chi connectivity index (χ0n) is 16.2. The molecule has 158 valence electrons. The molecule has 11 heteroatoms. The molecule has 0 saturated carbocycles. The Hall–Kier alpha value is -3.50. The molecule has 0 unspecified atom stereocenters. The highest BCUT2D eigenvalue weighted by molar-refractivity contribution is 5.71. The summed E-state index contributed by atoms with van der Waals surface area (Å²) in [6, 6.07) is 6.22. The number of hydrogen-bond donors (Lipinski definition) is 1. The van der Waals surface area contributed by atoms with E-state index in [0.29, 0.717) is 23.1 Å². The number of anilines is 2. The molecular formula is C19H17F4N5O2. The van der Waals surface area contributed by atoms with E-state index in [0.717, 1.165) is 12.1 Å². The van der Waals surface area contributed by atoms with Gasteiger partial charge in [0.15, 0.2) is 5.82 Å². The van der Waals surface area contributed by atoms with E-state index in [2.05, 4.69) is 25.1 Å². The highest BCUT2D eigenvalue weighted by atomic mass is 19.4. The summed E-state index contributed by atoms with van der Waals surface area (Å²) in [4.78, 5) is 20.1. The molecule has 3 aromatic rings. The van der Waals surface area contributed by atoms with Gasteiger partial charge in [-0.3, -0.25) is 9.78 Å². The largest absolute Gasteiger partial charge is 0.469 e. The van der Waals surface area contributed by atoms with Crippen LogP contribution in [0.2, 0.25) is 0 Å². The summed E-state index contributed by atoms with van der Waals surface area (Å²) in [5, 5.41) is 6.64. The Morgan fingerprint density at radius 2 is 1.83 bits per heavy atom. The maximum Gasteiger partial charge on any atom is 0.419 e. The molecule has 0 amide bonds. The zero-order valence-corrected chi connectivity index (χ0v) is 16.2. The fourth-order valence-corrected chi connectivity index (χ4v) is 2.82. The number of hydrogen-bond acceptors (Lipinski definition) is 6. The second-order valence-electron chi connectivity index (χ2n) is 6.41. The molecule has 2 aromatic heterocycles. The van der Waals surface area contributed by atoms with E-state index in [1.165, 1.54) is 11.8 Å². The first kappa shape index (κ1) is 21.2. The number of aryl methyl sites for hydroxylation is 2. The quantitative estimate of drug-likeness (QED) is 0.495. The lowest BCUT2D eigenvalue weighted by Crippen LogP contribution is -2.11. The molecule has 0 radical (unpaired) electrons. The van der Waals surface area contributed by atoms with Crippen molar-refractivity contribution in [1.29, 1.82) is 0 Å². The number of halogens is 4. The number of carbonyl (C=O) groups excluding carboxylic acids is 1.